The Hall–Kier alpha value is -2.83. The van der Waals surface area contributed by atoms with Crippen molar-refractivity contribution >= 4 is 11.9 Å². The molecule has 3 amide bonds. The Balaban J connectivity index is 1.91. The summed E-state index contributed by atoms with van der Waals surface area (Å²) in [5.41, 5.74) is -0.874. The van der Waals surface area contributed by atoms with Gasteiger partial charge in [-0.15, -0.1) is 0 Å². The van der Waals surface area contributed by atoms with E-state index in [0.717, 1.165) is 4.90 Å². The molecule has 0 aliphatic carbocycles. The number of rotatable bonds is 4. The van der Waals surface area contributed by atoms with Crippen LogP contribution in [0.5, 0.6) is 5.75 Å². The first-order valence-electron chi connectivity index (χ1n) is 6.96. The molecule has 0 saturated carbocycles. The van der Waals surface area contributed by atoms with Crippen molar-refractivity contribution < 1.29 is 23.1 Å². The van der Waals surface area contributed by atoms with E-state index in [1.807, 2.05) is 0 Å². The van der Waals surface area contributed by atoms with Gasteiger partial charge in [-0.1, -0.05) is 0 Å². The average molecular weight is 318 g/mol. The van der Waals surface area contributed by atoms with E-state index in [4.69, 9.17) is 9.15 Å². The molecule has 0 unspecified atom stereocenters. The van der Waals surface area contributed by atoms with E-state index < -0.39 is 23.3 Å². The second kappa shape index (κ2) is 5.42. The van der Waals surface area contributed by atoms with Gasteiger partial charge in [-0.2, -0.15) is 0 Å². The predicted octanol–water partition coefficient (Wildman–Crippen LogP) is 2.39. The van der Waals surface area contributed by atoms with Crippen LogP contribution in [0.1, 0.15) is 18.2 Å². The molecule has 2 heterocycles. The van der Waals surface area contributed by atoms with Gasteiger partial charge in [0.15, 0.2) is 5.54 Å². The Labute approximate surface area is 131 Å². The zero-order valence-corrected chi connectivity index (χ0v) is 12.6. The van der Waals surface area contributed by atoms with Crippen molar-refractivity contribution in [2.75, 3.05) is 7.11 Å². The third-order valence-electron chi connectivity index (χ3n) is 3.86. The van der Waals surface area contributed by atoms with Gasteiger partial charge in [0.25, 0.3) is 5.91 Å². The average Bonchev–Trinajstić information content (AvgIpc) is 3.12. The van der Waals surface area contributed by atoms with E-state index in [-0.39, 0.29) is 6.54 Å². The molecule has 7 heteroatoms. The number of carbonyl (C=O) groups excluding carboxylic acids is 2. The minimum atomic E-state index is -1.28. The lowest BCUT2D eigenvalue weighted by molar-refractivity contribution is -0.132. The highest BCUT2D eigenvalue weighted by Crippen LogP contribution is 2.31. The normalized spacial score (nSPS) is 20.7. The largest absolute Gasteiger partial charge is 0.496 e. The molecule has 1 atom stereocenters. The summed E-state index contributed by atoms with van der Waals surface area (Å²) < 4.78 is 23.9. The summed E-state index contributed by atoms with van der Waals surface area (Å²) in [6.45, 7) is 1.47. The molecule has 120 valence electrons. The van der Waals surface area contributed by atoms with Gasteiger partial charge in [0.05, 0.1) is 19.9 Å². The summed E-state index contributed by atoms with van der Waals surface area (Å²) >= 11 is 0. The fourth-order valence-corrected chi connectivity index (χ4v) is 2.61. The first-order chi connectivity index (χ1) is 11.0. The maximum Gasteiger partial charge on any atom is 0.325 e. The van der Waals surface area contributed by atoms with Gasteiger partial charge in [0.1, 0.15) is 17.3 Å². The Morgan fingerprint density at radius 2 is 2.13 bits per heavy atom. The number of urea groups is 1. The number of nitrogens with one attached hydrogen (secondary N) is 1. The zero-order chi connectivity index (χ0) is 16.6. The number of hydrogen-bond donors (Lipinski definition) is 1. The van der Waals surface area contributed by atoms with Gasteiger partial charge >= 0.3 is 6.03 Å². The number of hydrogen-bond acceptors (Lipinski definition) is 4. The van der Waals surface area contributed by atoms with Gasteiger partial charge in [0, 0.05) is 5.56 Å². The highest BCUT2D eigenvalue weighted by Gasteiger charge is 2.51. The van der Waals surface area contributed by atoms with Gasteiger partial charge in [0.2, 0.25) is 0 Å². The molecule has 1 aliphatic heterocycles. The number of methoxy groups -OCH3 is 1. The van der Waals surface area contributed by atoms with Crippen molar-refractivity contribution in [3.63, 3.8) is 0 Å². The van der Waals surface area contributed by atoms with Crippen molar-refractivity contribution in [3.05, 3.63) is 53.7 Å². The van der Waals surface area contributed by atoms with E-state index >= 15 is 0 Å². The summed E-state index contributed by atoms with van der Waals surface area (Å²) in [6.07, 6.45) is 1.43. The van der Waals surface area contributed by atoms with Crippen LogP contribution in [-0.2, 0) is 16.9 Å². The predicted molar refractivity (Wildman–Crippen MR) is 78.1 cm³/mol. The third kappa shape index (κ3) is 2.44. The van der Waals surface area contributed by atoms with Crippen molar-refractivity contribution in [2.45, 2.75) is 19.0 Å². The molecule has 3 rings (SSSR count). The standard InChI is InChI=1S/C16H15FN2O4/c1-16(13-4-3-7-23-13)14(20)19(15(21)18-16)9-10-8-11(17)5-6-12(10)22-2/h3-8H,9H2,1-2H3,(H,18,21)/t16-/m0/s1. The SMILES string of the molecule is COc1ccc(F)cc1CN1C(=O)N[C@@](C)(c2ccco2)C1=O. The van der Waals surface area contributed by atoms with Crippen LogP contribution >= 0.6 is 0 Å². The molecular weight excluding hydrogens is 303 g/mol. The highest BCUT2D eigenvalue weighted by molar-refractivity contribution is 6.06. The highest BCUT2D eigenvalue weighted by atomic mass is 19.1. The fourth-order valence-electron chi connectivity index (χ4n) is 2.61. The molecule has 0 radical (unpaired) electrons. The first-order valence-corrected chi connectivity index (χ1v) is 6.96. The Kier molecular flexibility index (Phi) is 3.55. The number of furan rings is 1. The van der Waals surface area contributed by atoms with Crippen molar-refractivity contribution in [1.29, 1.82) is 0 Å². The van der Waals surface area contributed by atoms with Crippen LogP contribution in [0.15, 0.2) is 41.0 Å². The summed E-state index contributed by atoms with van der Waals surface area (Å²) in [7, 11) is 1.44. The fraction of sp³-hybridized carbons (Fsp3) is 0.250. The van der Waals surface area contributed by atoms with Crippen LogP contribution in [-0.4, -0.2) is 23.9 Å². The molecule has 1 aromatic heterocycles. The molecular formula is C16H15FN2O4. The smallest absolute Gasteiger partial charge is 0.325 e. The topological polar surface area (TPSA) is 71.8 Å². The van der Waals surface area contributed by atoms with E-state index in [2.05, 4.69) is 5.32 Å². The lowest BCUT2D eigenvalue weighted by atomic mass is 9.99. The van der Waals surface area contributed by atoms with Crippen molar-refractivity contribution in [2.24, 2.45) is 0 Å². The summed E-state index contributed by atoms with van der Waals surface area (Å²) in [6, 6.07) is 6.63. The maximum atomic E-state index is 13.5. The second-order valence-corrected chi connectivity index (χ2v) is 5.38. The molecule has 0 spiro atoms. The van der Waals surface area contributed by atoms with Crippen LogP contribution in [0, 0.1) is 5.82 Å². The maximum absolute atomic E-state index is 13.5. The number of amides is 3. The van der Waals surface area contributed by atoms with Gasteiger partial charge in [-0.3, -0.25) is 9.69 Å². The van der Waals surface area contributed by atoms with Crippen molar-refractivity contribution in [3.8, 4) is 5.75 Å². The Morgan fingerprint density at radius 1 is 1.35 bits per heavy atom. The number of halogens is 1. The van der Waals surface area contributed by atoms with E-state index in [0.29, 0.717) is 17.1 Å². The van der Waals surface area contributed by atoms with Crippen molar-refractivity contribution in [1.82, 2.24) is 10.2 Å². The Bertz CT molecular complexity index is 759. The van der Waals surface area contributed by atoms with Crippen LogP contribution in [0.25, 0.3) is 0 Å². The number of imide groups is 1. The number of nitrogens with zero attached hydrogens (tertiary/aromatic N) is 1. The van der Waals surface area contributed by atoms with E-state index in [1.165, 1.54) is 31.6 Å². The van der Waals surface area contributed by atoms with Crippen LogP contribution < -0.4 is 10.1 Å². The molecule has 23 heavy (non-hydrogen) atoms. The lowest BCUT2D eigenvalue weighted by Gasteiger charge is -2.19. The summed E-state index contributed by atoms with van der Waals surface area (Å²) in [5.74, 6) is -0.200. The minimum absolute atomic E-state index is 0.0953. The Morgan fingerprint density at radius 3 is 2.78 bits per heavy atom. The molecule has 1 aliphatic rings. The summed E-state index contributed by atoms with van der Waals surface area (Å²) in [5, 5.41) is 2.61. The molecule has 6 nitrogen and oxygen atoms in total. The lowest BCUT2D eigenvalue weighted by Crippen LogP contribution is -2.40. The molecule has 1 N–H and O–H groups in total. The summed E-state index contributed by atoms with van der Waals surface area (Å²) in [4.78, 5) is 25.9. The molecule has 0 bridgehead atoms. The molecule has 1 fully saturated rings. The van der Waals surface area contributed by atoms with E-state index in [1.54, 1.807) is 19.1 Å². The third-order valence-corrected chi connectivity index (χ3v) is 3.86. The van der Waals surface area contributed by atoms with Crippen LogP contribution in [0.4, 0.5) is 9.18 Å². The quantitative estimate of drug-likeness (QED) is 0.879. The first kappa shape index (κ1) is 15.1. The number of carbonyl (C=O) groups is 2. The second-order valence-electron chi connectivity index (χ2n) is 5.38. The number of benzene rings is 1. The monoisotopic (exact) mass is 318 g/mol. The van der Waals surface area contributed by atoms with E-state index in [9.17, 15) is 14.0 Å². The van der Waals surface area contributed by atoms with Gasteiger partial charge < -0.3 is 14.5 Å². The zero-order valence-electron chi connectivity index (χ0n) is 12.6. The molecule has 2 aromatic rings. The molecule has 1 saturated heterocycles. The van der Waals surface area contributed by atoms with Gasteiger partial charge in [-0.25, -0.2) is 9.18 Å². The minimum Gasteiger partial charge on any atom is -0.496 e. The van der Waals surface area contributed by atoms with Gasteiger partial charge in [-0.05, 0) is 37.3 Å². The molecule has 1 aromatic carbocycles. The van der Waals surface area contributed by atoms with Crippen LogP contribution in [0.3, 0.4) is 0 Å². The number of ether oxygens (including phenoxy) is 1. The van der Waals surface area contributed by atoms with Crippen LogP contribution in [0.2, 0.25) is 0 Å².